The molecule has 1 saturated heterocycles. The molecule has 0 radical (unpaired) electrons. The molecule has 1 unspecified atom stereocenters. The molecule has 0 aromatic heterocycles. The molecule has 5 heteroatoms. The van der Waals surface area contributed by atoms with Crippen LogP contribution < -0.4 is 0 Å². The zero-order valence-corrected chi connectivity index (χ0v) is 7.13. The zero-order chi connectivity index (χ0) is 8.48. The minimum absolute atomic E-state index is 0.215. The molecular weight excluding hydrogens is 166 g/mol. The average molecular weight is 177 g/mol. The second kappa shape index (κ2) is 2.81. The number of sulfone groups is 1. The van der Waals surface area contributed by atoms with Crippen LogP contribution in [0.4, 0.5) is 0 Å². The van der Waals surface area contributed by atoms with Crippen LogP contribution in [0.2, 0.25) is 0 Å². The first-order chi connectivity index (χ1) is 5.08. The van der Waals surface area contributed by atoms with Gasteiger partial charge in [-0.1, -0.05) is 5.16 Å². The summed E-state index contributed by atoms with van der Waals surface area (Å²) >= 11 is 0. The first-order valence-corrected chi connectivity index (χ1v) is 5.22. The van der Waals surface area contributed by atoms with Gasteiger partial charge in [0.1, 0.15) is 0 Å². The van der Waals surface area contributed by atoms with E-state index < -0.39 is 15.1 Å². The molecule has 0 aromatic rings. The fraction of sp³-hybridized carbons (Fsp3) is 0.833. The maximum absolute atomic E-state index is 11.2. The predicted molar refractivity (Wildman–Crippen MR) is 41.7 cm³/mol. The van der Waals surface area contributed by atoms with Crippen molar-refractivity contribution in [2.45, 2.75) is 25.0 Å². The van der Waals surface area contributed by atoms with Crippen LogP contribution in [0.5, 0.6) is 0 Å². The third kappa shape index (κ3) is 1.53. The number of hydrogen-bond acceptors (Lipinski definition) is 4. The van der Waals surface area contributed by atoms with Crippen LogP contribution >= 0.6 is 0 Å². The van der Waals surface area contributed by atoms with E-state index in [0.717, 1.165) is 0 Å². The van der Waals surface area contributed by atoms with E-state index in [4.69, 9.17) is 5.21 Å². The van der Waals surface area contributed by atoms with Crippen molar-refractivity contribution in [1.29, 1.82) is 0 Å². The Morgan fingerprint density at radius 3 is 2.73 bits per heavy atom. The van der Waals surface area contributed by atoms with Gasteiger partial charge >= 0.3 is 0 Å². The van der Waals surface area contributed by atoms with Crippen LogP contribution in [0.1, 0.15) is 19.8 Å². The maximum Gasteiger partial charge on any atom is 0.158 e. The van der Waals surface area contributed by atoms with Gasteiger partial charge in [-0.3, -0.25) is 0 Å². The summed E-state index contributed by atoms with van der Waals surface area (Å²) in [4.78, 5) is 0. The molecule has 1 N–H and O–H groups in total. The SMILES string of the molecule is CC1/C(=N/O)CCCS1(=O)=O. The van der Waals surface area contributed by atoms with Crippen molar-refractivity contribution in [1.82, 2.24) is 0 Å². The predicted octanol–water partition coefficient (Wildman–Crippen LogP) is 0.414. The first kappa shape index (κ1) is 8.52. The fourth-order valence-corrected chi connectivity index (χ4v) is 2.65. The molecule has 64 valence electrons. The Hall–Kier alpha value is -0.580. The monoisotopic (exact) mass is 177 g/mol. The lowest BCUT2D eigenvalue weighted by Gasteiger charge is -2.18. The molecule has 1 fully saturated rings. The zero-order valence-electron chi connectivity index (χ0n) is 6.32. The van der Waals surface area contributed by atoms with Crippen molar-refractivity contribution in [2.75, 3.05) is 5.75 Å². The van der Waals surface area contributed by atoms with Crippen LogP contribution in [0.3, 0.4) is 0 Å². The van der Waals surface area contributed by atoms with Gasteiger partial charge in [0.05, 0.1) is 16.7 Å². The van der Waals surface area contributed by atoms with Gasteiger partial charge in [0.25, 0.3) is 0 Å². The smallest absolute Gasteiger partial charge is 0.158 e. The van der Waals surface area contributed by atoms with Gasteiger partial charge in [-0.25, -0.2) is 8.42 Å². The van der Waals surface area contributed by atoms with Gasteiger partial charge in [0.15, 0.2) is 9.84 Å². The number of oxime groups is 1. The molecule has 0 aliphatic carbocycles. The highest BCUT2D eigenvalue weighted by Crippen LogP contribution is 2.16. The molecule has 0 spiro atoms. The summed E-state index contributed by atoms with van der Waals surface area (Å²) in [5, 5.41) is 10.8. The Kier molecular flexibility index (Phi) is 2.17. The largest absolute Gasteiger partial charge is 0.411 e. The minimum atomic E-state index is -3.01. The van der Waals surface area contributed by atoms with Crippen LogP contribution in [-0.4, -0.2) is 30.3 Å². The Labute approximate surface area is 65.8 Å². The minimum Gasteiger partial charge on any atom is -0.411 e. The molecule has 1 heterocycles. The molecule has 0 saturated carbocycles. The van der Waals surface area contributed by atoms with Crippen molar-refractivity contribution in [3.05, 3.63) is 0 Å². The molecule has 0 aromatic carbocycles. The lowest BCUT2D eigenvalue weighted by Crippen LogP contribution is -2.34. The summed E-state index contributed by atoms with van der Waals surface area (Å²) in [5.74, 6) is 0.215. The summed E-state index contributed by atoms with van der Waals surface area (Å²) in [6, 6.07) is 0. The van der Waals surface area contributed by atoms with Crippen LogP contribution in [0, 0.1) is 0 Å². The first-order valence-electron chi connectivity index (χ1n) is 3.50. The normalized spacial score (nSPS) is 33.9. The maximum atomic E-state index is 11.2. The highest BCUT2D eigenvalue weighted by Gasteiger charge is 2.30. The van der Waals surface area contributed by atoms with E-state index in [0.29, 0.717) is 18.6 Å². The van der Waals surface area contributed by atoms with E-state index >= 15 is 0 Å². The van der Waals surface area contributed by atoms with Crippen LogP contribution in [0.25, 0.3) is 0 Å². The molecular formula is C6H11NO3S. The van der Waals surface area contributed by atoms with Gasteiger partial charge in [0.2, 0.25) is 0 Å². The molecule has 1 aliphatic heterocycles. The Morgan fingerprint density at radius 1 is 1.64 bits per heavy atom. The molecule has 11 heavy (non-hydrogen) atoms. The Bertz CT molecular complexity index is 268. The number of hydrogen-bond donors (Lipinski definition) is 1. The van der Waals surface area contributed by atoms with E-state index in [1.165, 1.54) is 0 Å². The molecule has 4 nitrogen and oxygen atoms in total. The summed E-state index contributed by atoms with van der Waals surface area (Å²) in [6.07, 6.45) is 1.17. The van der Waals surface area contributed by atoms with Crippen LogP contribution in [0.15, 0.2) is 5.16 Å². The van der Waals surface area contributed by atoms with E-state index in [1.807, 2.05) is 0 Å². The fourth-order valence-electron chi connectivity index (χ4n) is 1.17. The van der Waals surface area contributed by atoms with Gasteiger partial charge < -0.3 is 5.21 Å². The van der Waals surface area contributed by atoms with E-state index in [2.05, 4.69) is 5.16 Å². The van der Waals surface area contributed by atoms with Gasteiger partial charge in [-0.05, 0) is 19.8 Å². The molecule has 1 aliphatic rings. The Morgan fingerprint density at radius 2 is 2.27 bits per heavy atom. The molecule has 0 bridgehead atoms. The second-order valence-corrected chi connectivity index (χ2v) is 5.15. The highest BCUT2D eigenvalue weighted by atomic mass is 32.2. The Balaban J connectivity index is 2.94. The standard InChI is InChI=1S/C6H11NO3S/c1-5-6(7-8)3-2-4-11(5,9)10/h5,8H,2-4H2,1H3/b7-6+. The second-order valence-electron chi connectivity index (χ2n) is 2.70. The topological polar surface area (TPSA) is 66.7 Å². The van der Waals surface area contributed by atoms with Crippen LogP contribution in [-0.2, 0) is 9.84 Å². The summed E-state index contributed by atoms with van der Waals surface area (Å²) in [5.41, 5.74) is 0.385. The van der Waals surface area contributed by atoms with Gasteiger partial charge in [-0.2, -0.15) is 0 Å². The highest BCUT2D eigenvalue weighted by molar-refractivity contribution is 7.92. The summed E-state index contributed by atoms with van der Waals surface area (Å²) < 4.78 is 22.3. The van der Waals surface area contributed by atoms with Crippen molar-refractivity contribution in [2.24, 2.45) is 5.16 Å². The average Bonchev–Trinajstić information content (AvgIpc) is 1.95. The van der Waals surface area contributed by atoms with Crippen molar-refractivity contribution in [3.8, 4) is 0 Å². The van der Waals surface area contributed by atoms with Crippen molar-refractivity contribution >= 4 is 15.5 Å². The lowest BCUT2D eigenvalue weighted by molar-refractivity contribution is 0.316. The number of nitrogens with zero attached hydrogens (tertiary/aromatic N) is 1. The molecule has 1 atom stereocenters. The number of rotatable bonds is 0. The summed E-state index contributed by atoms with van der Waals surface area (Å²) in [6.45, 7) is 1.56. The third-order valence-corrected chi connectivity index (χ3v) is 4.21. The molecule has 0 amide bonds. The van der Waals surface area contributed by atoms with Gasteiger partial charge in [0, 0.05) is 0 Å². The van der Waals surface area contributed by atoms with E-state index in [1.54, 1.807) is 6.92 Å². The van der Waals surface area contributed by atoms with Crippen molar-refractivity contribution in [3.63, 3.8) is 0 Å². The van der Waals surface area contributed by atoms with Gasteiger partial charge in [-0.15, -0.1) is 0 Å². The molecule has 1 rings (SSSR count). The third-order valence-electron chi connectivity index (χ3n) is 2.00. The summed E-state index contributed by atoms with van der Waals surface area (Å²) in [7, 11) is -3.01. The van der Waals surface area contributed by atoms with E-state index in [9.17, 15) is 8.42 Å². The van der Waals surface area contributed by atoms with Crippen molar-refractivity contribution < 1.29 is 13.6 Å². The lowest BCUT2D eigenvalue weighted by atomic mass is 10.2. The van der Waals surface area contributed by atoms with E-state index in [-0.39, 0.29) is 5.75 Å². The quantitative estimate of drug-likeness (QED) is 0.430.